The van der Waals surface area contributed by atoms with Crippen molar-refractivity contribution in [3.8, 4) is 0 Å². The first-order valence-corrected chi connectivity index (χ1v) is 9.11. The third kappa shape index (κ3) is 4.25. The van der Waals surface area contributed by atoms with Crippen LogP contribution in [0.1, 0.15) is 23.1 Å². The van der Waals surface area contributed by atoms with Crippen molar-refractivity contribution < 1.29 is 4.79 Å². The van der Waals surface area contributed by atoms with Crippen LogP contribution >= 0.6 is 24.2 Å². The average molecular weight is 363 g/mol. The molecule has 0 bridgehead atoms. The molecular formula is C19H23ClN2OS. The van der Waals surface area contributed by atoms with Crippen molar-refractivity contribution in [3.05, 3.63) is 59.2 Å². The molecule has 5 heteroatoms. The van der Waals surface area contributed by atoms with Gasteiger partial charge < -0.3 is 10.6 Å². The number of thioether (sulfide) groups is 1. The molecule has 0 aliphatic carbocycles. The number of aryl methyl sites for hydroxylation is 1. The highest BCUT2D eigenvalue weighted by molar-refractivity contribution is 7.99. The smallest absolute Gasteiger partial charge is 0.236 e. The molecule has 3 rings (SSSR count). The van der Waals surface area contributed by atoms with E-state index >= 15 is 0 Å². The first-order chi connectivity index (χ1) is 11.1. The number of halogens is 1. The summed E-state index contributed by atoms with van der Waals surface area (Å²) in [5.74, 6) is 1.54. The molecule has 1 amide bonds. The monoisotopic (exact) mass is 362 g/mol. The Morgan fingerprint density at radius 2 is 2.04 bits per heavy atom. The van der Waals surface area contributed by atoms with E-state index in [2.05, 4.69) is 31.2 Å². The highest BCUT2D eigenvalue weighted by Gasteiger charge is 2.23. The molecule has 2 aromatic rings. The maximum absolute atomic E-state index is 12.6. The van der Waals surface area contributed by atoms with Gasteiger partial charge in [0.2, 0.25) is 5.91 Å². The van der Waals surface area contributed by atoms with E-state index in [1.165, 1.54) is 11.1 Å². The second-order valence-corrected chi connectivity index (χ2v) is 6.96. The zero-order valence-electron chi connectivity index (χ0n) is 13.8. The Hall–Kier alpha value is -1.65. The number of amides is 1. The van der Waals surface area contributed by atoms with Gasteiger partial charge in [0.05, 0.1) is 5.75 Å². The van der Waals surface area contributed by atoms with E-state index in [4.69, 9.17) is 5.73 Å². The maximum atomic E-state index is 12.6. The third-order valence-corrected chi connectivity index (χ3v) is 5.15. The topological polar surface area (TPSA) is 46.3 Å². The molecule has 0 radical (unpaired) electrons. The SMILES string of the molecule is Cc1cccc(CSCC(=O)N2CCCc3c(N)cccc32)c1.Cl. The number of nitrogens with two attached hydrogens (primary N) is 1. The molecule has 0 aromatic heterocycles. The van der Waals surface area contributed by atoms with Crippen LogP contribution in [0, 0.1) is 6.92 Å². The van der Waals surface area contributed by atoms with E-state index in [0.717, 1.165) is 42.1 Å². The van der Waals surface area contributed by atoms with Crippen LogP contribution in [0.5, 0.6) is 0 Å². The Morgan fingerprint density at radius 1 is 1.25 bits per heavy atom. The number of nitrogens with zero attached hydrogens (tertiary/aromatic N) is 1. The second kappa shape index (κ2) is 8.45. The molecule has 0 atom stereocenters. The lowest BCUT2D eigenvalue weighted by Gasteiger charge is -2.30. The van der Waals surface area contributed by atoms with E-state index in [0.29, 0.717) is 5.75 Å². The van der Waals surface area contributed by atoms with Crippen molar-refractivity contribution >= 4 is 41.5 Å². The van der Waals surface area contributed by atoms with E-state index in [-0.39, 0.29) is 18.3 Å². The van der Waals surface area contributed by atoms with Gasteiger partial charge in [-0.1, -0.05) is 35.9 Å². The summed E-state index contributed by atoms with van der Waals surface area (Å²) in [6, 6.07) is 14.3. The molecule has 1 heterocycles. The summed E-state index contributed by atoms with van der Waals surface area (Å²) < 4.78 is 0. The first-order valence-electron chi connectivity index (χ1n) is 7.96. The number of hydrogen-bond donors (Lipinski definition) is 1. The number of nitrogen functional groups attached to an aromatic ring is 1. The zero-order valence-corrected chi connectivity index (χ0v) is 15.5. The fraction of sp³-hybridized carbons (Fsp3) is 0.316. The summed E-state index contributed by atoms with van der Waals surface area (Å²) in [6.45, 7) is 2.88. The Balaban J connectivity index is 0.00000208. The zero-order chi connectivity index (χ0) is 16.2. The highest BCUT2D eigenvalue weighted by atomic mass is 35.5. The quantitative estimate of drug-likeness (QED) is 0.828. The number of anilines is 2. The Kier molecular flexibility index (Phi) is 6.58. The van der Waals surface area contributed by atoms with Crippen LogP contribution in [0.25, 0.3) is 0 Å². The fourth-order valence-electron chi connectivity index (χ4n) is 3.05. The van der Waals surface area contributed by atoms with Gasteiger partial charge in [0.15, 0.2) is 0 Å². The van der Waals surface area contributed by atoms with Crippen molar-refractivity contribution in [1.29, 1.82) is 0 Å². The predicted molar refractivity (Wildman–Crippen MR) is 106 cm³/mol. The molecule has 128 valence electrons. The van der Waals surface area contributed by atoms with Gasteiger partial charge in [-0.05, 0) is 43.0 Å². The number of carbonyl (C=O) groups excluding carboxylic acids is 1. The lowest BCUT2D eigenvalue weighted by molar-refractivity contribution is -0.116. The van der Waals surface area contributed by atoms with Crippen molar-refractivity contribution in [3.63, 3.8) is 0 Å². The summed E-state index contributed by atoms with van der Waals surface area (Å²) in [7, 11) is 0. The van der Waals surface area contributed by atoms with Gasteiger partial charge in [-0.3, -0.25) is 4.79 Å². The first kappa shape index (κ1) is 18.7. The molecule has 3 nitrogen and oxygen atoms in total. The summed E-state index contributed by atoms with van der Waals surface area (Å²) in [5.41, 5.74) is 11.5. The molecule has 24 heavy (non-hydrogen) atoms. The van der Waals surface area contributed by atoms with Gasteiger partial charge in [-0.25, -0.2) is 0 Å². The van der Waals surface area contributed by atoms with Crippen LogP contribution in [0.4, 0.5) is 11.4 Å². The fourth-order valence-corrected chi connectivity index (χ4v) is 3.89. The normalized spacial score (nSPS) is 13.1. The molecule has 2 N–H and O–H groups in total. The van der Waals surface area contributed by atoms with Crippen LogP contribution in [-0.4, -0.2) is 18.2 Å². The van der Waals surface area contributed by atoms with Gasteiger partial charge in [-0.2, -0.15) is 0 Å². The van der Waals surface area contributed by atoms with Gasteiger partial charge >= 0.3 is 0 Å². The summed E-state index contributed by atoms with van der Waals surface area (Å²) in [6.07, 6.45) is 1.94. The van der Waals surface area contributed by atoms with Crippen molar-refractivity contribution in [2.75, 3.05) is 22.9 Å². The predicted octanol–water partition coefficient (Wildman–Crippen LogP) is 4.21. The molecule has 0 unspecified atom stereocenters. The van der Waals surface area contributed by atoms with Crippen LogP contribution in [0.3, 0.4) is 0 Å². The van der Waals surface area contributed by atoms with Crippen molar-refractivity contribution in [2.45, 2.75) is 25.5 Å². The second-order valence-electron chi connectivity index (χ2n) is 5.98. The summed E-state index contributed by atoms with van der Waals surface area (Å²) in [4.78, 5) is 14.5. The molecule has 1 aliphatic rings. The minimum absolute atomic E-state index is 0. The molecule has 0 spiro atoms. The number of carbonyl (C=O) groups is 1. The Morgan fingerprint density at radius 3 is 2.83 bits per heavy atom. The van der Waals surface area contributed by atoms with Crippen LogP contribution in [0.15, 0.2) is 42.5 Å². The summed E-state index contributed by atoms with van der Waals surface area (Å²) in [5, 5.41) is 0. The standard InChI is InChI=1S/C19H22N2OS.ClH/c1-14-5-2-6-15(11-14)12-23-13-19(22)21-10-4-7-16-17(20)8-3-9-18(16)21;/h2-3,5-6,8-9,11H,4,7,10,12-13,20H2,1H3;1H. The minimum atomic E-state index is 0. The lowest BCUT2D eigenvalue weighted by Crippen LogP contribution is -2.37. The Bertz CT molecular complexity index is 720. The molecule has 2 aromatic carbocycles. The average Bonchev–Trinajstić information content (AvgIpc) is 2.55. The van der Waals surface area contributed by atoms with Gasteiger partial charge in [-0.15, -0.1) is 24.2 Å². The van der Waals surface area contributed by atoms with Crippen LogP contribution in [-0.2, 0) is 17.0 Å². The van der Waals surface area contributed by atoms with E-state index in [1.807, 2.05) is 23.1 Å². The molecule has 1 aliphatic heterocycles. The van der Waals surface area contributed by atoms with Crippen molar-refractivity contribution in [1.82, 2.24) is 0 Å². The molecule has 0 fully saturated rings. The van der Waals surface area contributed by atoms with Gasteiger partial charge in [0.25, 0.3) is 0 Å². The maximum Gasteiger partial charge on any atom is 0.236 e. The molecular weight excluding hydrogens is 340 g/mol. The van der Waals surface area contributed by atoms with Crippen LogP contribution in [0.2, 0.25) is 0 Å². The van der Waals surface area contributed by atoms with E-state index < -0.39 is 0 Å². The van der Waals surface area contributed by atoms with Gasteiger partial charge in [0.1, 0.15) is 0 Å². The number of benzene rings is 2. The third-order valence-electron chi connectivity index (χ3n) is 4.16. The van der Waals surface area contributed by atoms with Gasteiger partial charge in [0, 0.05) is 23.7 Å². The van der Waals surface area contributed by atoms with E-state index in [1.54, 1.807) is 11.8 Å². The highest BCUT2D eigenvalue weighted by Crippen LogP contribution is 2.31. The number of rotatable bonds is 4. The molecule has 0 saturated heterocycles. The minimum Gasteiger partial charge on any atom is -0.398 e. The largest absolute Gasteiger partial charge is 0.398 e. The number of hydrogen-bond acceptors (Lipinski definition) is 3. The molecule has 0 saturated carbocycles. The van der Waals surface area contributed by atoms with Crippen LogP contribution < -0.4 is 10.6 Å². The lowest BCUT2D eigenvalue weighted by atomic mass is 10.00. The Labute approximate surface area is 154 Å². The van der Waals surface area contributed by atoms with E-state index in [9.17, 15) is 4.79 Å². The van der Waals surface area contributed by atoms with Crippen molar-refractivity contribution in [2.24, 2.45) is 0 Å². The summed E-state index contributed by atoms with van der Waals surface area (Å²) >= 11 is 1.67. The number of fused-ring (bicyclic) bond motifs is 1.